The van der Waals surface area contributed by atoms with Gasteiger partial charge in [-0.1, -0.05) is 54.6 Å². The van der Waals surface area contributed by atoms with E-state index >= 15 is 0 Å². The molecule has 2 aromatic heterocycles. The number of nitrogens with one attached hydrogen (secondary N) is 1. The lowest BCUT2D eigenvalue weighted by Gasteiger charge is -2.17. The number of carbonyl (C=O) groups excluding carboxylic acids is 2. The van der Waals surface area contributed by atoms with Crippen LogP contribution in [0.3, 0.4) is 0 Å². The number of benzene rings is 2. The van der Waals surface area contributed by atoms with Crippen LogP contribution in [-0.2, 0) is 16.1 Å². The third-order valence-electron chi connectivity index (χ3n) is 4.64. The minimum Gasteiger partial charge on any atom is -0.448 e. The number of hydrogen-bond donors (Lipinski definition) is 1. The Morgan fingerprint density at radius 1 is 0.931 bits per heavy atom. The highest BCUT2D eigenvalue weighted by Crippen LogP contribution is 2.27. The van der Waals surface area contributed by atoms with E-state index in [9.17, 15) is 14.4 Å². The van der Waals surface area contributed by atoms with Crippen molar-refractivity contribution in [2.45, 2.75) is 12.6 Å². The molecule has 2 heterocycles. The van der Waals surface area contributed by atoms with Gasteiger partial charge in [-0.2, -0.15) is 0 Å². The van der Waals surface area contributed by atoms with Gasteiger partial charge in [-0.25, -0.2) is 0 Å². The summed E-state index contributed by atoms with van der Waals surface area (Å²) in [5.74, 6) is -0.997. The number of carbonyl (C=O) groups is 2. The first-order valence-corrected chi connectivity index (χ1v) is 9.14. The molecule has 4 rings (SSSR count). The van der Waals surface area contributed by atoms with Crippen molar-refractivity contribution in [1.82, 2.24) is 9.55 Å². The molecule has 29 heavy (non-hydrogen) atoms. The standard InChI is InChI=1S/C23H18N2O4/c26-20-12-6-7-13-25(20)15-21(27)29-23(16-8-2-1-3-9-16)22(28)18-14-24-19-11-5-4-10-17(18)19/h1-14,23-24H,15H2/t23-/m1/s1. The molecule has 0 spiro atoms. The normalized spacial score (nSPS) is 11.9. The third-order valence-corrected chi connectivity index (χ3v) is 4.64. The number of aromatic nitrogens is 2. The van der Waals surface area contributed by atoms with Gasteiger partial charge in [-0.3, -0.25) is 14.4 Å². The molecule has 0 aliphatic carbocycles. The van der Waals surface area contributed by atoms with Gasteiger partial charge < -0.3 is 14.3 Å². The van der Waals surface area contributed by atoms with Crippen molar-refractivity contribution in [2.75, 3.05) is 0 Å². The summed E-state index contributed by atoms with van der Waals surface area (Å²) in [6, 6.07) is 20.9. The molecule has 0 aliphatic heterocycles. The molecule has 144 valence electrons. The van der Waals surface area contributed by atoms with E-state index in [1.807, 2.05) is 30.3 Å². The van der Waals surface area contributed by atoms with Crippen LogP contribution in [0.1, 0.15) is 22.0 Å². The van der Waals surface area contributed by atoms with E-state index in [4.69, 9.17) is 4.74 Å². The van der Waals surface area contributed by atoms with E-state index < -0.39 is 12.1 Å². The molecule has 0 bridgehead atoms. The summed E-state index contributed by atoms with van der Waals surface area (Å²) < 4.78 is 6.80. The maximum absolute atomic E-state index is 13.3. The number of ether oxygens (including phenoxy) is 1. The lowest BCUT2D eigenvalue weighted by Crippen LogP contribution is -2.27. The highest BCUT2D eigenvalue weighted by atomic mass is 16.5. The van der Waals surface area contributed by atoms with Crippen LogP contribution >= 0.6 is 0 Å². The number of rotatable bonds is 6. The average molecular weight is 386 g/mol. The van der Waals surface area contributed by atoms with Gasteiger partial charge in [-0.05, 0) is 12.1 Å². The molecule has 0 saturated carbocycles. The van der Waals surface area contributed by atoms with Gasteiger partial charge in [-0.15, -0.1) is 0 Å². The van der Waals surface area contributed by atoms with Crippen molar-refractivity contribution >= 4 is 22.7 Å². The molecule has 0 radical (unpaired) electrons. The number of esters is 1. The first-order valence-electron chi connectivity index (χ1n) is 9.14. The maximum atomic E-state index is 13.3. The average Bonchev–Trinajstić information content (AvgIpc) is 3.18. The molecule has 0 aliphatic rings. The maximum Gasteiger partial charge on any atom is 0.327 e. The molecule has 0 fully saturated rings. The first-order chi connectivity index (χ1) is 14.1. The lowest BCUT2D eigenvalue weighted by atomic mass is 9.99. The topological polar surface area (TPSA) is 81.2 Å². The van der Waals surface area contributed by atoms with E-state index in [1.165, 1.54) is 16.8 Å². The number of nitrogens with zero attached hydrogens (tertiary/aromatic N) is 1. The second-order valence-electron chi connectivity index (χ2n) is 6.56. The van der Waals surface area contributed by atoms with Crippen LogP contribution in [0.5, 0.6) is 0 Å². The Hall–Kier alpha value is -3.93. The predicted molar refractivity (Wildman–Crippen MR) is 109 cm³/mol. The number of para-hydroxylation sites is 1. The van der Waals surface area contributed by atoms with Gasteiger partial charge in [0.25, 0.3) is 5.56 Å². The zero-order chi connectivity index (χ0) is 20.2. The van der Waals surface area contributed by atoms with Crippen molar-refractivity contribution in [2.24, 2.45) is 0 Å². The number of Topliss-reactive ketones (excluding diaryl/α,β-unsaturated/α-hetero) is 1. The quantitative estimate of drug-likeness (QED) is 0.406. The minimum absolute atomic E-state index is 0.274. The largest absolute Gasteiger partial charge is 0.448 e. The molecule has 0 saturated heterocycles. The summed E-state index contributed by atoms with van der Waals surface area (Å²) in [7, 11) is 0. The summed E-state index contributed by atoms with van der Waals surface area (Å²) in [5, 5.41) is 0.758. The van der Waals surface area contributed by atoms with Crippen LogP contribution < -0.4 is 5.56 Å². The SMILES string of the molecule is O=C(Cn1ccccc1=O)O[C@@H](C(=O)c1c[nH]c2ccccc12)c1ccccc1. The molecule has 6 nitrogen and oxygen atoms in total. The van der Waals surface area contributed by atoms with E-state index in [2.05, 4.69) is 4.98 Å². The van der Waals surface area contributed by atoms with Crippen LogP contribution in [0.15, 0.2) is 90.0 Å². The second-order valence-corrected chi connectivity index (χ2v) is 6.56. The highest BCUT2D eigenvalue weighted by Gasteiger charge is 2.28. The summed E-state index contributed by atoms with van der Waals surface area (Å²) in [4.78, 5) is 40.8. The molecular weight excluding hydrogens is 368 g/mol. The zero-order valence-electron chi connectivity index (χ0n) is 15.4. The zero-order valence-corrected chi connectivity index (χ0v) is 15.4. The fourth-order valence-electron chi connectivity index (χ4n) is 3.22. The number of H-pyrrole nitrogens is 1. The molecule has 1 N–H and O–H groups in total. The van der Waals surface area contributed by atoms with Crippen molar-refractivity contribution in [3.8, 4) is 0 Å². The number of pyridine rings is 1. The number of hydrogen-bond acceptors (Lipinski definition) is 4. The van der Waals surface area contributed by atoms with E-state index in [0.29, 0.717) is 11.1 Å². The molecule has 1 atom stereocenters. The Balaban J connectivity index is 1.65. The molecule has 2 aromatic carbocycles. The summed E-state index contributed by atoms with van der Waals surface area (Å²) >= 11 is 0. The summed E-state index contributed by atoms with van der Waals surface area (Å²) in [6.45, 7) is -0.274. The molecule has 4 aromatic rings. The Labute approximate surface area is 166 Å². The van der Waals surface area contributed by atoms with E-state index in [0.717, 1.165) is 10.9 Å². The molecule has 0 amide bonds. The van der Waals surface area contributed by atoms with Crippen molar-refractivity contribution in [3.63, 3.8) is 0 Å². The van der Waals surface area contributed by atoms with Crippen LogP contribution in [-0.4, -0.2) is 21.3 Å². The fraction of sp³-hybridized carbons (Fsp3) is 0.0870. The molecular formula is C23H18N2O4. The van der Waals surface area contributed by atoms with Gasteiger partial charge in [0.1, 0.15) is 6.54 Å². The van der Waals surface area contributed by atoms with Gasteiger partial charge in [0, 0.05) is 40.5 Å². The minimum atomic E-state index is -1.11. The third kappa shape index (κ3) is 3.87. The van der Waals surface area contributed by atoms with Gasteiger partial charge >= 0.3 is 5.97 Å². The fourth-order valence-corrected chi connectivity index (χ4v) is 3.22. The lowest BCUT2D eigenvalue weighted by molar-refractivity contribution is -0.148. The van der Waals surface area contributed by atoms with Crippen molar-refractivity contribution < 1.29 is 14.3 Å². The summed E-state index contributed by atoms with van der Waals surface area (Å²) in [5.41, 5.74) is 1.52. The number of fused-ring (bicyclic) bond motifs is 1. The van der Waals surface area contributed by atoms with Crippen molar-refractivity contribution in [3.05, 3.63) is 107 Å². The molecule has 0 unspecified atom stereocenters. The van der Waals surface area contributed by atoms with Crippen LogP contribution in [0, 0.1) is 0 Å². The van der Waals surface area contributed by atoms with Crippen LogP contribution in [0.25, 0.3) is 10.9 Å². The first kappa shape index (κ1) is 18.4. The highest BCUT2D eigenvalue weighted by molar-refractivity contribution is 6.10. The van der Waals surface area contributed by atoms with Gasteiger partial charge in [0.05, 0.1) is 0 Å². The van der Waals surface area contributed by atoms with Gasteiger partial charge in [0.15, 0.2) is 6.10 Å². The van der Waals surface area contributed by atoms with E-state index in [-0.39, 0.29) is 17.9 Å². The summed E-state index contributed by atoms with van der Waals surface area (Å²) in [6.07, 6.45) is 2.02. The Bertz CT molecular complexity index is 1220. The predicted octanol–water partition coefficient (Wildman–Crippen LogP) is 3.50. The van der Waals surface area contributed by atoms with E-state index in [1.54, 1.807) is 42.6 Å². The molecule has 6 heteroatoms. The van der Waals surface area contributed by atoms with Crippen molar-refractivity contribution in [1.29, 1.82) is 0 Å². The Kier molecular flexibility index (Phi) is 5.07. The monoisotopic (exact) mass is 386 g/mol. The smallest absolute Gasteiger partial charge is 0.327 e. The van der Waals surface area contributed by atoms with Crippen LogP contribution in [0.2, 0.25) is 0 Å². The second kappa shape index (κ2) is 7.98. The Morgan fingerprint density at radius 2 is 1.66 bits per heavy atom. The number of ketones is 1. The Morgan fingerprint density at radius 3 is 2.45 bits per heavy atom. The van der Waals surface area contributed by atoms with Crippen LogP contribution in [0.4, 0.5) is 0 Å². The van der Waals surface area contributed by atoms with Gasteiger partial charge in [0.2, 0.25) is 5.78 Å². The number of aromatic amines is 1.